The van der Waals surface area contributed by atoms with Gasteiger partial charge < -0.3 is 10.1 Å². The fourth-order valence-electron chi connectivity index (χ4n) is 3.16. The fourth-order valence-corrected chi connectivity index (χ4v) is 5.53. The van der Waals surface area contributed by atoms with Crippen LogP contribution in [0.2, 0.25) is 5.02 Å². The van der Waals surface area contributed by atoms with Gasteiger partial charge in [-0.3, -0.25) is 9.59 Å². The van der Waals surface area contributed by atoms with Crippen LogP contribution in [0.25, 0.3) is 0 Å². The van der Waals surface area contributed by atoms with Crippen molar-refractivity contribution in [2.24, 2.45) is 5.41 Å². The fraction of sp³-hybridized carbons (Fsp3) is 0.286. The molecule has 0 radical (unpaired) electrons. The first-order valence-corrected chi connectivity index (χ1v) is 11.4. The van der Waals surface area contributed by atoms with E-state index in [0.29, 0.717) is 15.6 Å². The van der Waals surface area contributed by atoms with Crippen molar-refractivity contribution in [2.45, 2.75) is 20.8 Å². The lowest BCUT2D eigenvalue weighted by molar-refractivity contribution is -0.123. The summed E-state index contributed by atoms with van der Waals surface area (Å²) >= 11 is 6.17. The van der Waals surface area contributed by atoms with Crippen molar-refractivity contribution in [2.75, 3.05) is 22.0 Å². The highest BCUT2D eigenvalue weighted by Crippen LogP contribution is 2.39. The van der Waals surface area contributed by atoms with Crippen LogP contribution in [0.5, 0.6) is 0 Å². The first-order valence-electron chi connectivity index (χ1n) is 9.42. The number of hydrogen-bond acceptors (Lipinski definition) is 6. The second kappa shape index (κ2) is 8.32. The third kappa shape index (κ3) is 4.57. The van der Waals surface area contributed by atoms with E-state index in [4.69, 9.17) is 16.3 Å². The Bertz CT molecular complexity index is 1160. The molecule has 0 spiro atoms. The molecule has 3 rings (SSSR count). The SMILES string of the molecule is CCOC(=O)c1ccc(NC(=O)c2ccc(Cl)c(N3C(=O)C(C)(C)CS3(=O)=O)c2)cc1. The Morgan fingerprint density at radius 3 is 2.29 bits per heavy atom. The van der Waals surface area contributed by atoms with Gasteiger partial charge in [-0.25, -0.2) is 17.5 Å². The van der Waals surface area contributed by atoms with Crippen LogP contribution in [0.4, 0.5) is 11.4 Å². The molecule has 164 valence electrons. The number of hydrogen-bond donors (Lipinski definition) is 1. The molecule has 0 aliphatic carbocycles. The van der Waals surface area contributed by atoms with Crippen molar-refractivity contribution >= 4 is 50.8 Å². The average Bonchev–Trinajstić information content (AvgIpc) is 2.85. The minimum atomic E-state index is -3.91. The molecule has 8 nitrogen and oxygen atoms in total. The maximum absolute atomic E-state index is 12.7. The normalized spacial score (nSPS) is 16.8. The average molecular weight is 465 g/mol. The third-order valence-corrected chi connectivity index (χ3v) is 6.99. The quantitative estimate of drug-likeness (QED) is 0.678. The van der Waals surface area contributed by atoms with Crippen molar-refractivity contribution in [3.8, 4) is 0 Å². The highest BCUT2D eigenvalue weighted by Gasteiger charge is 2.50. The van der Waals surface area contributed by atoms with Crippen LogP contribution in [0.3, 0.4) is 0 Å². The number of rotatable bonds is 5. The lowest BCUT2D eigenvalue weighted by Gasteiger charge is -2.19. The number of nitrogens with zero attached hydrogens (tertiary/aromatic N) is 1. The topological polar surface area (TPSA) is 110 Å². The molecule has 0 aromatic heterocycles. The molecule has 2 aromatic rings. The minimum absolute atomic E-state index is 0.0324. The summed E-state index contributed by atoms with van der Waals surface area (Å²) in [5, 5.41) is 2.69. The zero-order chi connectivity index (χ0) is 23.0. The number of halogens is 1. The van der Waals surface area contributed by atoms with E-state index in [0.717, 1.165) is 0 Å². The van der Waals surface area contributed by atoms with E-state index in [2.05, 4.69) is 5.32 Å². The number of benzene rings is 2. The van der Waals surface area contributed by atoms with Crippen LogP contribution in [-0.2, 0) is 19.6 Å². The Hall–Kier alpha value is -2.91. The standard InChI is InChI=1S/C21H21ClN2O6S/c1-4-30-19(26)13-5-8-15(9-6-13)23-18(25)14-7-10-16(22)17(11-14)24-20(27)21(2,3)12-31(24,28)29/h5-11H,4,12H2,1-3H3,(H,23,25). The molecule has 1 saturated heterocycles. The number of ether oxygens (including phenoxy) is 1. The first kappa shape index (κ1) is 22.8. The molecule has 0 atom stereocenters. The minimum Gasteiger partial charge on any atom is -0.462 e. The van der Waals surface area contributed by atoms with Crippen molar-refractivity contribution in [1.82, 2.24) is 0 Å². The van der Waals surface area contributed by atoms with Gasteiger partial charge in [0.15, 0.2) is 0 Å². The highest BCUT2D eigenvalue weighted by molar-refractivity contribution is 7.94. The highest BCUT2D eigenvalue weighted by atomic mass is 35.5. The summed E-state index contributed by atoms with van der Waals surface area (Å²) in [6.07, 6.45) is 0. The lowest BCUT2D eigenvalue weighted by atomic mass is 9.95. The molecule has 1 fully saturated rings. The summed E-state index contributed by atoms with van der Waals surface area (Å²) in [4.78, 5) is 37.1. The summed E-state index contributed by atoms with van der Waals surface area (Å²) in [5.74, 6) is -1.97. The molecule has 1 N–H and O–H groups in total. The molecule has 1 aliphatic rings. The predicted octanol–water partition coefficient (Wildman–Crippen LogP) is 3.47. The van der Waals surface area contributed by atoms with E-state index < -0.39 is 33.2 Å². The molecule has 2 aromatic carbocycles. The Balaban J connectivity index is 1.86. The number of anilines is 2. The Morgan fingerprint density at radius 1 is 1.13 bits per heavy atom. The van der Waals surface area contributed by atoms with E-state index in [1.165, 1.54) is 56.3 Å². The van der Waals surface area contributed by atoms with Crippen molar-refractivity contribution in [3.05, 3.63) is 58.6 Å². The van der Waals surface area contributed by atoms with Gasteiger partial charge in [0.05, 0.1) is 34.0 Å². The van der Waals surface area contributed by atoms with Crippen LogP contribution >= 0.6 is 11.6 Å². The van der Waals surface area contributed by atoms with E-state index in [-0.39, 0.29) is 28.6 Å². The van der Waals surface area contributed by atoms with Crippen LogP contribution < -0.4 is 9.62 Å². The molecule has 1 heterocycles. The van der Waals surface area contributed by atoms with E-state index >= 15 is 0 Å². The molecule has 0 saturated carbocycles. The van der Waals surface area contributed by atoms with Crippen molar-refractivity contribution < 1.29 is 27.5 Å². The van der Waals surface area contributed by atoms with Gasteiger partial charge in [0.25, 0.3) is 5.91 Å². The molecule has 10 heteroatoms. The van der Waals surface area contributed by atoms with Gasteiger partial charge in [0.1, 0.15) is 0 Å². The van der Waals surface area contributed by atoms with Gasteiger partial charge >= 0.3 is 5.97 Å². The zero-order valence-corrected chi connectivity index (χ0v) is 18.7. The zero-order valence-electron chi connectivity index (χ0n) is 17.1. The number of carbonyl (C=O) groups excluding carboxylic acids is 3. The first-order chi connectivity index (χ1) is 14.5. The summed E-state index contributed by atoms with van der Waals surface area (Å²) < 4.78 is 30.7. The van der Waals surface area contributed by atoms with Gasteiger partial charge in [-0.2, -0.15) is 0 Å². The molecule has 31 heavy (non-hydrogen) atoms. The predicted molar refractivity (Wildman–Crippen MR) is 117 cm³/mol. The van der Waals surface area contributed by atoms with Gasteiger partial charge in [0.2, 0.25) is 15.9 Å². The number of nitrogens with one attached hydrogen (secondary N) is 1. The van der Waals surface area contributed by atoms with E-state index in [1.807, 2.05) is 0 Å². The number of sulfonamides is 1. The van der Waals surface area contributed by atoms with Crippen LogP contribution in [0.15, 0.2) is 42.5 Å². The van der Waals surface area contributed by atoms with Crippen LogP contribution in [0.1, 0.15) is 41.5 Å². The molecular weight excluding hydrogens is 444 g/mol. The molecule has 1 aliphatic heterocycles. The Labute approximate surface area is 185 Å². The Morgan fingerprint density at radius 2 is 1.74 bits per heavy atom. The van der Waals surface area contributed by atoms with Crippen molar-refractivity contribution in [1.29, 1.82) is 0 Å². The smallest absolute Gasteiger partial charge is 0.338 e. The van der Waals surface area contributed by atoms with E-state index in [1.54, 1.807) is 6.92 Å². The molecule has 0 bridgehead atoms. The summed E-state index contributed by atoms with van der Waals surface area (Å²) in [6.45, 7) is 5.03. The maximum atomic E-state index is 12.7. The second-order valence-electron chi connectivity index (χ2n) is 7.63. The summed E-state index contributed by atoms with van der Waals surface area (Å²) in [6, 6.07) is 10.2. The number of carbonyl (C=O) groups is 3. The molecular formula is C21H21ClN2O6S. The van der Waals surface area contributed by atoms with Crippen LogP contribution in [0, 0.1) is 5.41 Å². The Kier molecular flexibility index (Phi) is 6.11. The van der Waals surface area contributed by atoms with Crippen LogP contribution in [-0.4, -0.2) is 38.6 Å². The largest absolute Gasteiger partial charge is 0.462 e. The summed E-state index contributed by atoms with van der Waals surface area (Å²) in [7, 11) is -3.91. The molecule has 2 amide bonds. The van der Waals surface area contributed by atoms with Gasteiger partial charge in [0, 0.05) is 11.3 Å². The lowest BCUT2D eigenvalue weighted by Crippen LogP contribution is -2.33. The van der Waals surface area contributed by atoms with Gasteiger partial charge in [-0.1, -0.05) is 11.6 Å². The number of amides is 2. The molecule has 0 unspecified atom stereocenters. The van der Waals surface area contributed by atoms with Gasteiger partial charge in [-0.05, 0) is 63.2 Å². The summed E-state index contributed by atoms with van der Waals surface area (Å²) in [5.41, 5.74) is -0.292. The third-order valence-electron chi connectivity index (χ3n) is 4.67. The van der Waals surface area contributed by atoms with E-state index in [9.17, 15) is 22.8 Å². The van der Waals surface area contributed by atoms with Crippen molar-refractivity contribution in [3.63, 3.8) is 0 Å². The maximum Gasteiger partial charge on any atom is 0.338 e. The monoisotopic (exact) mass is 464 g/mol. The second-order valence-corrected chi connectivity index (χ2v) is 9.85. The van der Waals surface area contributed by atoms with Gasteiger partial charge in [-0.15, -0.1) is 0 Å². The number of esters is 1.